The predicted octanol–water partition coefficient (Wildman–Crippen LogP) is 4.25. The molecule has 2 heterocycles. The summed E-state index contributed by atoms with van der Waals surface area (Å²) in [5, 5.41) is 0. The number of ether oxygens (including phenoxy) is 8. The molecule has 2 aliphatic heterocycles. The molecule has 0 amide bonds. The summed E-state index contributed by atoms with van der Waals surface area (Å²) in [4.78, 5) is 0. The molecule has 0 radical (unpaired) electrons. The van der Waals surface area contributed by atoms with Gasteiger partial charge in [-0.25, -0.2) is 0 Å². The van der Waals surface area contributed by atoms with Gasteiger partial charge in [0.1, 0.15) is 62.3 Å². The predicted molar refractivity (Wildman–Crippen MR) is 164 cm³/mol. The van der Waals surface area contributed by atoms with Crippen LogP contribution in [0.4, 0.5) is 0 Å². The van der Waals surface area contributed by atoms with E-state index in [1.54, 1.807) is 0 Å². The Morgan fingerprint density at radius 1 is 0.744 bits per heavy atom. The van der Waals surface area contributed by atoms with Crippen LogP contribution in [-0.4, -0.2) is 90.5 Å². The Balaban J connectivity index is 1.35. The van der Waals surface area contributed by atoms with Crippen molar-refractivity contribution in [3.05, 3.63) is 58.7 Å². The van der Waals surface area contributed by atoms with Crippen LogP contribution in [0.25, 0.3) is 0 Å². The number of epoxide rings is 2. The highest BCUT2D eigenvalue weighted by atomic mass is 16.6. The first kappa shape index (κ1) is 32.8. The van der Waals surface area contributed by atoms with E-state index in [0.717, 1.165) is 35.8 Å². The molecular formula is C35H44O8. The molecule has 0 aliphatic carbocycles. The number of aryl methyl sites for hydroxylation is 2. The van der Waals surface area contributed by atoms with Crippen LogP contribution in [0.15, 0.2) is 36.4 Å². The number of rotatable bonds is 20. The summed E-state index contributed by atoms with van der Waals surface area (Å²) in [7, 11) is 0. The lowest BCUT2D eigenvalue weighted by Crippen LogP contribution is -2.29. The first-order chi connectivity index (χ1) is 20.8. The largest absolute Gasteiger partial charge is 0.491 e. The molecule has 2 saturated heterocycles. The Labute approximate surface area is 256 Å². The van der Waals surface area contributed by atoms with E-state index in [-0.39, 0.29) is 43.0 Å². The van der Waals surface area contributed by atoms with E-state index in [1.165, 1.54) is 11.1 Å². The molecule has 4 atom stereocenters. The molecular weight excluding hydrogens is 548 g/mol. The molecule has 4 rings (SSSR count). The highest BCUT2D eigenvalue weighted by Gasteiger charge is 2.28. The Morgan fingerprint density at radius 2 is 1.16 bits per heavy atom. The molecule has 0 spiro atoms. The quantitative estimate of drug-likeness (QED) is 0.128. The molecule has 2 aromatic carbocycles. The molecule has 0 saturated carbocycles. The van der Waals surface area contributed by atoms with Gasteiger partial charge in [0.05, 0.1) is 39.6 Å². The van der Waals surface area contributed by atoms with Crippen LogP contribution in [-0.2, 0) is 33.8 Å². The van der Waals surface area contributed by atoms with Gasteiger partial charge < -0.3 is 37.9 Å². The zero-order valence-corrected chi connectivity index (χ0v) is 25.8. The zero-order chi connectivity index (χ0) is 30.7. The van der Waals surface area contributed by atoms with Crippen LogP contribution < -0.4 is 9.47 Å². The number of benzene rings is 2. The Kier molecular flexibility index (Phi) is 12.3. The zero-order valence-electron chi connectivity index (χ0n) is 25.8. The standard InChI is InChI=1S/C35H44O8/c1-7-13-36-17-29(40-21-31-23-42-31)19-38-27-9-11-33(25(3)15-27)35(5,6)34-12-10-28(16-26(34)4)39-20-30(18-37-14-8-2)41-22-32-24-43-32/h1-2,9-12,15-16,29-32H,13-14,17-24H2,3-6H3. The molecule has 8 nitrogen and oxygen atoms in total. The van der Waals surface area contributed by atoms with Crippen molar-refractivity contribution in [3.63, 3.8) is 0 Å². The lowest BCUT2D eigenvalue weighted by atomic mass is 9.74. The van der Waals surface area contributed by atoms with Crippen molar-refractivity contribution in [1.82, 2.24) is 0 Å². The minimum absolute atomic E-state index is 0.167. The van der Waals surface area contributed by atoms with Crippen LogP contribution in [0.3, 0.4) is 0 Å². The minimum atomic E-state index is -0.247. The van der Waals surface area contributed by atoms with Gasteiger partial charge in [0, 0.05) is 5.41 Å². The fourth-order valence-electron chi connectivity index (χ4n) is 4.98. The third kappa shape index (κ3) is 10.5. The van der Waals surface area contributed by atoms with Crippen molar-refractivity contribution in [2.24, 2.45) is 0 Å². The van der Waals surface area contributed by atoms with Gasteiger partial charge in [-0.15, -0.1) is 12.8 Å². The maximum Gasteiger partial charge on any atom is 0.119 e. The van der Waals surface area contributed by atoms with Crippen molar-refractivity contribution in [3.8, 4) is 36.2 Å². The van der Waals surface area contributed by atoms with Gasteiger partial charge in [0.2, 0.25) is 0 Å². The van der Waals surface area contributed by atoms with Crippen LogP contribution in [0.5, 0.6) is 11.5 Å². The number of hydrogen-bond donors (Lipinski definition) is 0. The molecule has 2 fully saturated rings. The van der Waals surface area contributed by atoms with E-state index in [1.807, 2.05) is 12.1 Å². The highest BCUT2D eigenvalue weighted by Crippen LogP contribution is 2.37. The van der Waals surface area contributed by atoms with Gasteiger partial charge in [-0.05, 0) is 60.4 Å². The van der Waals surface area contributed by atoms with E-state index in [2.05, 4.69) is 63.8 Å². The van der Waals surface area contributed by atoms with Crippen LogP contribution in [0.2, 0.25) is 0 Å². The van der Waals surface area contributed by atoms with E-state index >= 15 is 0 Å². The number of hydrogen-bond acceptors (Lipinski definition) is 8. The Bertz CT molecular complexity index is 1160. The minimum Gasteiger partial charge on any atom is -0.491 e. The van der Waals surface area contributed by atoms with Gasteiger partial charge in [-0.2, -0.15) is 0 Å². The molecule has 2 aromatic rings. The smallest absolute Gasteiger partial charge is 0.119 e. The second-order valence-corrected chi connectivity index (χ2v) is 11.5. The summed E-state index contributed by atoms with van der Waals surface area (Å²) in [6, 6.07) is 12.4. The van der Waals surface area contributed by atoms with E-state index in [4.69, 9.17) is 50.7 Å². The van der Waals surface area contributed by atoms with E-state index < -0.39 is 0 Å². The van der Waals surface area contributed by atoms with Gasteiger partial charge in [0.25, 0.3) is 0 Å². The van der Waals surface area contributed by atoms with Crippen LogP contribution >= 0.6 is 0 Å². The Hall–Kier alpha value is -3.08. The number of terminal acetylenes is 2. The SMILES string of the molecule is C#CCOCC(COc1ccc(C(C)(C)c2ccc(OCC(COCC#C)OCC3CO3)cc2C)c(C)c1)OCC1CO1. The summed E-state index contributed by atoms with van der Waals surface area (Å²) in [6.45, 7) is 13.1. The second-order valence-electron chi connectivity index (χ2n) is 11.5. The van der Waals surface area contributed by atoms with Crippen LogP contribution in [0, 0.1) is 38.5 Å². The van der Waals surface area contributed by atoms with Crippen molar-refractivity contribution < 1.29 is 37.9 Å². The van der Waals surface area contributed by atoms with Gasteiger partial charge >= 0.3 is 0 Å². The van der Waals surface area contributed by atoms with Crippen LogP contribution in [0.1, 0.15) is 36.1 Å². The molecule has 2 aliphatic rings. The van der Waals surface area contributed by atoms with Crippen molar-refractivity contribution in [2.75, 3.05) is 66.1 Å². The maximum absolute atomic E-state index is 6.11. The second kappa shape index (κ2) is 16.1. The summed E-state index contributed by atoms with van der Waals surface area (Å²) in [5.41, 5.74) is 4.47. The van der Waals surface area contributed by atoms with Gasteiger partial charge in [-0.1, -0.05) is 37.8 Å². The average Bonchev–Trinajstić information content (AvgIpc) is 3.91. The van der Waals surface area contributed by atoms with Gasteiger partial charge in [0.15, 0.2) is 0 Å². The summed E-state index contributed by atoms with van der Waals surface area (Å²) in [5.74, 6) is 6.52. The fourth-order valence-corrected chi connectivity index (χ4v) is 4.98. The highest BCUT2D eigenvalue weighted by molar-refractivity contribution is 5.49. The van der Waals surface area contributed by atoms with Gasteiger partial charge in [-0.3, -0.25) is 0 Å². The lowest BCUT2D eigenvalue weighted by Gasteiger charge is -2.30. The van der Waals surface area contributed by atoms with E-state index in [9.17, 15) is 0 Å². The van der Waals surface area contributed by atoms with Crippen molar-refractivity contribution in [1.29, 1.82) is 0 Å². The lowest BCUT2D eigenvalue weighted by molar-refractivity contribution is -0.0355. The molecule has 8 heteroatoms. The fraction of sp³-hybridized carbons (Fsp3) is 0.543. The first-order valence-electron chi connectivity index (χ1n) is 14.8. The Morgan fingerprint density at radius 3 is 1.51 bits per heavy atom. The molecule has 43 heavy (non-hydrogen) atoms. The van der Waals surface area contributed by atoms with Crippen molar-refractivity contribution >= 4 is 0 Å². The average molecular weight is 593 g/mol. The monoisotopic (exact) mass is 592 g/mol. The maximum atomic E-state index is 6.11. The summed E-state index contributed by atoms with van der Waals surface area (Å²) in [6.07, 6.45) is 10.5. The normalized spacial score (nSPS) is 18.7. The molecule has 0 aromatic heterocycles. The topological polar surface area (TPSA) is 80.4 Å². The summed E-state index contributed by atoms with van der Waals surface area (Å²) < 4.78 is 45.5. The molecule has 0 bridgehead atoms. The molecule has 232 valence electrons. The van der Waals surface area contributed by atoms with Crippen molar-refractivity contribution in [2.45, 2.75) is 57.5 Å². The molecule has 0 N–H and O–H groups in total. The summed E-state index contributed by atoms with van der Waals surface area (Å²) >= 11 is 0. The molecule has 4 unspecified atom stereocenters. The third-order valence-electron chi connectivity index (χ3n) is 7.43. The first-order valence-corrected chi connectivity index (χ1v) is 14.8. The van der Waals surface area contributed by atoms with E-state index in [0.29, 0.717) is 39.6 Å². The third-order valence-corrected chi connectivity index (χ3v) is 7.43.